The predicted molar refractivity (Wildman–Crippen MR) is 69.4 cm³/mol. The third-order valence-corrected chi connectivity index (χ3v) is 2.64. The van der Waals surface area contributed by atoms with Crippen molar-refractivity contribution in [3.05, 3.63) is 40.8 Å². The molecule has 2 rings (SSSR count). The van der Waals surface area contributed by atoms with E-state index in [4.69, 9.17) is 15.2 Å². The molecule has 0 amide bonds. The van der Waals surface area contributed by atoms with Gasteiger partial charge in [0.1, 0.15) is 5.75 Å². The molecule has 2 aromatic rings. The van der Waals surface area contributed by atoms with Crippen molar-refractivity contribution in [3.63, 3.8) is 0 Å². The highest BCUT2D eigenvalue weighted by molar-refractivity contribution is 9.10. The molecule has 1 aromatic heterocycles. The van der Waals surface area contributed by atoms with Crippen LogP contribution in [-0.2, 0) is 0 Å². The topological polar surface area (TPSA) is 57.4 Å². The maximum Gasteiger partial charge on any atom is 0.256 e. The monoisotopic (exact) mass is 312 g/mol. The lowest BCUT2D eigenvalue weighted by atomic mass is 10.3. The van der Waals surface area contributed by atoms with Crippen LogP contribution in [0, 0.1) is 5.82 Å². The van der Waals surface area contributed by atoms with Crippen LogP contribution in [0.3, 0.4) is 0 Å². The van der Waals surface area contributed by atoms with Gasteiger partial charge in [0.05, 0.1) is 12.8 Å². The molecule has 0 unspecified atom stereocenters. The lowest BCUT2D eigenvalue weighted by Crippen LogP contribution is -1.96. The lowest BCUT2D eigenvalue weighted by Gasteiger charge is -2.09. The molecule has 0 aliphatic carbocycles. The highest BCUT2D eigenvalue weighted by Crippen LogP contribution is 2.31. The van der Waals surface area contributed by atoms with Crippen molar-refractivity contribution in [3.8, 4) is 17.4 Å². The first-order chi connectivity index (χ1) is 8.60. The molecular formula is C12H10BrFN2O2. The molecule has 0 aliphatic rings. The van der Waals surface area contributed by atoms with Crippen molar-refractivity contribution >= 4 is 21.6 Å². The molecular weight excluding hydrogens is 303 g/mol. The van der Waals surface area contributed by atoms with Crippen LogP contribution in [0.25, 0.3) is 0 Å². The van der Waals surface area contributed by atoms with Gasteiger partial charge in [-0.05, 0) is 34.1 Å². The maximum absolute atomic E-state index is 13.6. The summed E-state index contributed by atoms with van der Waals surface area (Å²) in [5, 5.41) is 0. The Morgan fingerprint density at radius 2 is 2.11 bits per heavy atom. The van der Waals surface area contributed by atoms with Gasteiger partial charge in [0.2, 0.25) is 0 Å². The first-order valence-corrected chi connectivity index (χ1v) is 5.82. The van der Waals surface area contributed by atoms with Crippen molar-refractivity contribution in [2.24, 2.45) is 0 Å². The van der Waals surface area contributed by atoms with Crippen LogP contribution >= 0.6 is 15.9 Å². The second kappa shape index (κ2) is 5.22. The van der Waals surface area contributed by atoms with Crippen LogP contribution in [0.1, 0.15) is 0 Å². The number of nitrogen functional groups attached to an aromatic ring is 1. The van der Waals surface area contributed by atoms with Gasteiger partial charge >= 0.3 is 0 Å². The standard InChI is InChI=1S/C12H10BrFN2O2/c1-17-8-2-3-10(15)11(5-8)18-12-9(14)4-7(13)6-16-12/h2-6H,15H2,1H3. The fourth-order valence-electron chi connectivity index (χ4n) is 1.31. The van der Waals surface area contributed by atoms with Crippen molar-refractivity contribution in [2.75, 3.05) is 12.8 Å². The zero-order valence-corrected chi connectivity index (χ0v) is 11.1. The van der Waals surface area contributed by atoms with Gasteiger partial charge in [-0.3, -0.25) is 0 Å². The van der Waals surface area contributed by atoms with Gasteiger partial charge in [0.15, 0.2) is 11.6 Å². The number of benzene rings is 1. The molecule has 1 heterocycles. The Bertz CT molecular complexity index is 578. The number of hydrogen-bond acceptors (Lipinski definition) is 4. The van der Waals surface area contributed by atoms with E-state index in [2.05, 4.69) is 20.9 Å². The molecule has 0 atom stereocenters. The summed E-state index contributed by atoms with van der Waals surface area (Å²) in [5.74, 6) is 0.143. The Balaban J connectivity index is 2.33. The Kier molecular flexibility index (Phi) is 3.66. The molecule has 2 N–H and O–H groups in total. The van der Waals surface area contributed by atoms with Gasteiger partial charge < -0.3 is 15.2 Å². The smallest absolute Gasteiger partial charge is 0.256 e. The van der Waals surface area contributed by atoms with Crippen LogP contribution in [0.2, 0.25) is 0 Å². The molecule has 0 spiro atoms. The molecule has 4 nitrogen and oxygen atoms in total. The minimum absolute atomic E-state index is 0.141. The highest BCUT2D eigenvalue weighted by Gasteiger charge is 2.10. The van der Waals surface area contributed by atoms with Crippen LogP contribution in [0.5, 0.6) is 17.4 Å². The number of halogens is 2. The number of methoxy groups -OCH3 is 1. The first kappa shape index (κ1) is 12.6. The largest absolute Gasteiger partial charge is 0.497 e. The average molecular weight is 313 g/mol. The molecule has 18 heavy (non-hydrogen) atoms. The van der Waals surface area contributed by atoms with E-state index in [-0.39, 0.29) is 5.88 Å². The summed E-state index contributed by atoms with van der Waals surface area (Å²) in [7, 11) is 1.52. The molecule has 0 radical (unpaired) electrons. The quantitative estimate of drug-likeness (QED) is 0.883. The Hall–Kier alpha value is -1.82. The third-order valence-electron chi connectivity index (χ3n) is 2.20. The van der Waals surface area contributed by atoms with E-state index < -0.39 is 5.82 Å². The number of rotatable bonds is 3. The summed E-state index contributed by atoms with van der Waals surface area (Å²) in [6.45, 7) is 0. The fraction of sp³-hybridized carbons (Fsp3) is 0.0833. The van der Waals surface area contributed by atoms with Crippen LogP contribution in [-0.4, -0.2) is 12.1 Å². The van der Waals surface area contributed by atoms with Gasteiger partial charge in [-0.1, -0.05) is 0 Å². The summed E-state index contributed by atoms with van der Waals surface area (Å²) in [5.41, 5.74) is 6.11. The van der Waals surface area contributed by atoms with E-state index in [1.807, 2.05) is 0 Å². The minimum Gasteiger partial charge on any atom is -0.497 e. The number of ether oxygens (including phenoxy) is 2. The summed E-state index contributed by atoms with van der Waals surface area (Å²) >= 11 is 3.12. The number of anilines is 1. The average Bonchev–Trinajstić information content (AvgIpc) is 2.35. The van der Waals surface area contributed by atoms with Crippen molar-refractivity contribution in [1.29, 1.82) is 0 Å². The van der Waals surface area contributed by atoms with E-state index in [1.165, 1.54) is 19.4 Å². The zero-order valence-electron chi connectivity index (χ0n) is 9.48. The van der Waals surface area contributed by atoms with Crippen LogP contribution < -0.4 is 15.2 Å². The summed E-state index contributed by atoms with van der Waals surface area (Å²) < 4.78 is 24.5. The zero-order chi connectivity index (χ0) is 13.1. The van der Waals surface area contributed by atoms with Crippen LogP contribution in [0.15, 0.2) is 34.9 Å². The number of pyridine rings is 1. The highest BCUT2D eigenvalue weighted by atomic mass is 79.9. The SMILES string of the molecule is COc1ccc(N)c(Oc2ncc(Br)cc2F)c1. The van der Waals surface area contributed by atoms with Crippen molar-refractivity contribution in [1.82, 2.24) is 4.98 Å². The molecule has 0 aliphatic heterocycles. The maximum atomic E-state index is 13.6. The summed E-state index contributed by atoms with van der Waals surface area (Å²) in [6, 6.07) is 6.13. The van der Waals surface area contributed by atoms with Crippen molar-refractivity contribution in [2.45, 2.75) is 0 Å². The fourth-order valence-corrected chi connectivity index (χ4v) is 1.61. The first-order valence-electron chi connectivity index (χ1n) is 5.02. The Morgan fingerprint density at radius 3 is 2.78 bits per heavy atom. The van der Waals surface area contributed by atoms with Crippen molar-refractivity contribution < 1.29 is 13.9 Å². The third kappa shape index (κ3) is 2.70. The van der Waals surface area contributed by atoms with Gasteiger partial charge in [-0.25, -0.2) is 9.37 Å². The van der Waals surface area contributed by atoms with E-state index in [1.54, 1.807) is 18.2 Å². The van der Waals surface area contributed by atoms with E-state index in [0.717, 1.165) is 0 Å². The molecule has 94 valence electrons. The Morgan fingerprint density at radius 1 is 1.33 bits per heavy atom. The number of hydrogen-bond donors (Lipinski definition) is 1. The van der Waals surface area contributed by atoms with E-state index in [9.17, 15) is 4.39 Å². The number of aromatic nitrogens is 1. The molecule has 0 bridgehead atoms. The molecule has 0 fully saturated rings. The molecule has 1 aromatic carbocycles. The van der Waals surface area contributed by atoms with E-state index in [0.29, 0.717) is 21.7 Å². The van der Waals surface area contributed by atoms with Crippen LogP contribution in [0.4, 0.5) is 10.1 Å². The normalized spacial score (nSPS) is 10.2. The summed E-state index contributed by atoms with van der Waals surface area (Å²) in [6.07, 6.45) is 1.44. The Labute approximate surface area is 112 Å². The molecule has 6 heteroatoms. The van der Waals surface area contributed by atoms with Gasteiger partial charge in [0, 0.05) is 16.7 Å². The summed E-state index contributed by atoms with van der Waals surface area (Å²) in [4.78, 5) is 3.83. The van der Waals surface area contributed by atoms with Gasteiger partial charge in [-0.2, -0.15) is 0 Å². The minimum atomic E-state index is -0.577. The second-order valence-corrected chi connectivity index (χ2v) is 4.36. The second-order valence-electron chi connectivity index (χ2n) is 3.45. The van der Waals surface area contributed by atoms with E-state index >= 15 is 0 Å². The van der Waals surface area contributed by atoms with Gasteiger partial charge in [0.25, 0.3) is 5.88 Å². The predicted octanol–water partition coefficient (Wildman–Crippen LogP) is 3.37. The lowest BCUT2D eigenvalue weighted by molar-refractivity contribution is 0.401. The molecule has 0 saturated carbocycles. The number of nitrogens with two attached hydrogens (primary N) is 1. The number of nitrogens with zero attached hydrogens (tertiary/aromatic N) is 1. The molecule has 0 saturated heterocycles. The van der Waals surface area contributed by atoms with Gasteiger partial charge in [-0.15, -0.1) is 0 Å².